The van der Waals surface area contributed by atoms with Crippen LogP contribution in [0.1, 0.15) is 23.7 Å². The number of ketones is 1. The van der Waals surface area contributed by atoms with Crippen molar-refractivity contribution in [1.82, 2.24) is 4.98 Å². The highest BCUT2D eigenvalue weighted by atomic mass is 16.5. The Kier molecular flexibility index (Phi) is 3.32. The maximum Gasteiger partial charge on any atom is 0.377 e. The topological polar surface area (TPSA) is 79.4 Å². The first-order chi connectivity index (χ1) is 8.65. The molecule has 5 heteroatoms. The average Bonchev–Trinajstić information content (AvgIpc) is 2.79. The van der Waals surface area contributed by atoms with E-state index in [2.05, 4.69) is 4.98 Å². The lowest BCUT2D eigenvalue weighted by molar-refractivity contribution is -0.131. The number of rotatable bonds is 5. The Balaban J connectivity index is 2.54. The second kappa shape index (κ2) is 4.91. The third-order valence-corrected chi connectivity index (χ3v) is 2.57. The molecule has 2 aromatic rings. The molecule has 0 aliphatic carbocycles. The van der Waals surface area contributed by atoms with Crippen LogP contribution in [0.15, 0.2) is 24.4 Å². The Bertz CT molecular complexity index is 600. The molecule has 0 fully saturated rings. The maximum absolute atomic E-state index is 11.6. The largest absolute Gasteiger partial charge is 0.493 e. The zero-order valence-corrected chi connectivity index (χ0v) is 9.90. The van der Waals surface area contributed by atoms with Crippen molar-refractivity contribution in [3.05, 3.63) is 30.0 Å². The number of carboxylic acids is 1. The summed E-state index contributed by atoms with van der Waals surface area (Å²) in [6, 6.07) is 5.29. The average molecular weight is 247 g/mol. The minimum atomic E-state index is -1.47. The number of hydrogen-bond donors (Lipinski definition) is 2. The summed E-state index contributed by atoms with van der Waals surface area (Å²) in [5, 5.41) is 9.30. The van der Waals surface area contributed by atoms with Gasteiger partial charge in [0.25, 0.3) is 5.78 Å². The molecule has 0 spiro atoms. The Labute approximate surface area is 103 Å². The fourth-order valence-electron chi connectivity index (χ4n) is 1.78. The number of H-pyrrole nitrogens is 1. The quantitative estimate of drug-likeness (QED) is 0.627. The van der Waals surface area contributed by atoms with Crippen LogP contribution in [0.3, 0.4) is 0 Å². The predicted molar refractivity (Wildman–Crippen MR) is 66.1 cm³/mol. The first-order valence-electron chi connectivity index (χ1n) is 5.65. The van der Waals surface area contributed by atoms with E-state index in [-0.39, 0.29) is 5.56 Å². The first kappa shape index (κ1) is 12.2. The van der Waals surface area contributed by atoms with Gasteiger partial charge in [-0.15, -0.1) is 0 Å². The van der Waals surface area contributed by atoms with Crippen molar-refractivity contribution in [2.24, 2.45) is 0 Å². The molecule has 0 radical (unpaired) electrons. The number of carbonyl (C=O) groups excluding carboxylic acids is 1. The third-order valence-electron chi connectivity index (χ3n) is 2.57. The van der Waals surface area contributed by atoms with Gasteiger partial charge in [0.2, 0.25) is 0 Å². The van der Waals surface area contributed by atoms with E-state index in [4.69, 9.17) is 9.84 Å². The van der Waals surface area contributed by atoms with Gasteiger partial charge in [-0.25, -0.2) is 4.79 Å². The Morgan fingerprint density at radius 2 is 2.17 bits per heavy atom. The van der Waals surface area contributed by atoms with Gasteiger partial charge in [-0.1, -0.05) is 13.0 Å². The summed E-state index contributed by atoms with van der Waals surface area (Å²) >= 11 is 0. The van der Waals surface area contributed by atoms with Crippen molar-refractivity contribution in [1.29, 1.82) is 0 Å². The molecule has 0 aliphatic heterocycles. The van der Waals surface area contributed by atoms with Gasteiger partial charge in [0.1, 0.15) is 5.75 Å². The molecule has 1 heterocycles. The van der Waals surface area contributed by atoms with E-state index in [1.807, 2.05) is 6.92 Å². The highest BCUT2D eigenvalue weighted by Gasteiger charge is 2.21. The van der Waals surface area contributed by atoms with Crippen LogP contribution < -0.4 is 4.74 Å². The van der Waals surface area contributed by atoms with Crippen LogP contribution in [-0.4, -0.2) is 28.4 Å². The SMILES string of the molecule is CCCOc1cccc2[nH]cc(C(=O)C(=O)O)c12. The summed E-state index contributed by atoms with van der Waals surface area (Å²) in [6.07, 6.45) is 2.24. The summed E-state index contributed by atoms with van der Waals surface area (Å²) in [7, 11) is 0. The Morgan fingerprint density at radius 3 is 2.83 bits per heavy atom. The van der Waals surface area contributed by atoms with Crippen LogP contribution in [0.2, 0.25) is 0 Å². The van der Waals surface area contributed by atoms with E-state index in [0.717, 1.165) is 6.42 Å². The lowest BCUT2D eigenvalue weighted by Gasteiger charge is -2.06. The van der Waals surface area contributed by atoms with E-state index >= 15 is 0 Å². The van der Waals surface area contributed by atoms with Crippen molar-refractivity contribution in [2.75, 3.05) is 6.61 Å². The number of aliphatic carboxylic acids is 1. The lowest BCUT2D eigenvalue weighted by atomic mass is 10.1. The van der Waals surface area contributed by atoms with E-state index in [1.165, 1.54) is 6.20 Å². The summed E-state index contributed by atoms with van der Waals surface area (Å²) in [4.78, 5) is 25.2. The number of nitrogens with one attached hydrogen (secondary N) is 1. The maximum atomic E-state index is 11.6. The van der Waals surface area contributed by atoms with E-state index in [9.17, 15) is 9.59 Å². The molecule has 0 saturated carbocycles. The van der Waals surface area contributed by atoms with Gasteiger partial charge >= 0.3 is 5.97 Å². The molecule has 5 nitrogen and oxygen atoms in total. The lowest BCUT2D eigenvalue weighted by Crippen LogP contribution is -2.12. The zero-order valence-electron chi connectivity index (χ0n) is 9.90. The van der Waals surface area contributed by atoms with Crippen LogP contribution in [0, 0.1) is 0 Å². The number of fused-ring (bicyclic) bond motifs is 1. The molecule has 0 unspecified atom stereocenters. The first-order valence-corrected chi connectivity index (χ1v) is 5.65. The Hall–Kier alpha value is -2.30. The minimum absolute atomic E-state index is 0.129. The fourth-order valence-corrected chi connectivity index (χ4v) is 1.78. The highest BCUT2D eigenvalue weighted by Crippen LogP contribution is 2.29. The molecule has 0 atom stereocenters. The zero-order chi connectivity index (χ0) is 13.1. The van der Waals surface area contributed by atoms with Crippen LogP contribution in [0.4, 0.5) is 0 Å². The van der Waals surface area contributed by atoms with Crippen LogP contribution in [0.5, 0.6) is 5.75 Å². The second-order valence-electron chi connectivity index (χ2n) is 3.86. The molecule has 18 heavy (non-hydrogen) atoms. The van der Waals surface area contributed by atoms with Crippen molar-refractivity contribution in [3.8, 4) is 5.75 Å². The molecule has 0 amide bonds. The number of aromatic amines is 1. The summed E-state index contributed by atoms with van der Waals surface area (Å²) in [5.74, 6) is -1.88. The molecule has 1 aromatic heterocycles. The van der Waals surface area contributed by atoms with Gasteiger partial charge in [0, 0.05) is 11.7 Å². The van der Waals surface area contributed by atoms with Crippen molar-refractivity contribution in [2.45, 2.75) is 13.3 Å². The van der Waals surface area contributed by atoms with Crippen molar-refractivity contribution < 1.29 is 19.4 Å². The standard InChI is InChI=1S/C13H13NO4/c1-2-6-18-10-5-3-4-9-11(10)8(7-14-9)12(15)13(16)17/h3-5,7,14H,2,6H2,1H3,(H,16,17). The number of benzene rings is 1. The number of carboxylic acid groups (broad SMARTS) is 1. The van der Waals surface area contributed by atoms with Gasteiger partial charge in [-0.05, 0) is 18.6 Å². The molecule has 2 rings (SSSR count). The normalized spacial score (nSPS) is 10.5. The molecular formula is C13H13NO4. The molecule has 0 bridgehead atoms. The fraction of sp³-hybridized carbons (Fsp3) is 0.231. The van der Waals surface area contributed by atoms with Gasteiger partial charge in [-0.2, -0.15) is 0 Å². The number of Topliss-reactive ketones (excluding diaryl/α,β-unsaturated/α-hetero) is 1. The molecule has 94 valence electrons. The summed E-state index contributed by atoms with van der Waals surface area (Å²) in [5.41, 5.74) is 0.817. The van der Waals surface area contributed by atoms with E-state index < -0.39 is 11.8 Å². The van der Waals surface area contributed by atoms with E-state index in [0.29, 0.717) is 23.3 Å². The molecule has 2 N–H and O–H groups in total. The molecular weight excluding hydrogens is 234 g/mol. The second-order valence-corrected chi connectivity index (χ2v) is 3.86. The predicted octanol–water partition coefficient (Wildman–Crippen LogP) is 2.22. The van der Waals surface area contributed by atoms with Gasteiger partial charge < -0.3 is 14.8 Å². The van der Waals surface area contributed by atoms with Gasteiger partial charge in [0.15, 0.2) is 0 Å². The highest BCUT2D eigenvalue weighted by molar-refractivity contribution is 6.42. The van der Waals surface area contributed by atoms with E-state index in [1.54, 1.807) is 18.2 Å². The van der Waals surface area contributed by atoms with Gasteiger partial charge in [-0.3, -0.25) is 4.79 Å². The minimum Gasteiger partial charge on any atom is -0.493 e. The molecule has 0 saturated heterocycles. The summed E-state index contributed by atoms with van der Waals surface area (Å²) in [6.45, 7) is 2.49. The molecule has 1 aromatic carbocycles. The van der Waals surface area contributed by atoms with Crippen molar-refractivity contribution in [3.63, 3.8) is 0 Å². The number of ether oxygens (including phenoxy) is 1. The monoisotopic (exact) mass is 247 g/mol. The van der Waals surface area contributed by atoms with Crippen LogP contribution >= 0.6 is 0 Å². The number of hydrogen-bond acceptors (Lipinski definition) is 3. The summed E-state index contributed by atoms with van der Waals surface area (Å²) < 4.78 is 5.53. The van der Waals surface area contributed by atoms with Crippen molar-refractivity contribution >= 4 is 22.7 Å². The van der Waals surface area contributed by atoms with Crippen LogP contribution in [0.25, 0.3) is 10.9 Å². The Morgan fingerprint density at radius 1 is 1.39 bits per heavy atom. The smallest absolute Gasteiger partial charge is 0.377 e. The number of carbonyl (C=O) groups is 2. The third kappa shape index (κ3) is 2.07. The van der Waals surface area contributed by atoms with Gasteiger partial charge in [0.05, 0.1) is 17.6 Å². The van der Waals surface area contributed by atoms with Crippen LogP contribution in [-0.2, 0) is 4.79 Å². The molecule has 0 aliphatic rings. The number of aromatic nitrogens is 1.